The Labute approximate surface area is 172 Å². The number of pyridine rings is 1. The number of nitrogens with one attached hydrogen (secondary N) is 1. The molecule has 3 aromatic heterocycles. The van der Waals surface area contributed by atoms with Crippen LogP contribution in [0.3, 0.4) is 0 Å². The van der Waals surface area contributed by atoms with Crippen LogP contribution in [0.2, 0.25) is 0 Å². The van der Waals surface area contributed by atoms with Crippen molar-refractivity contribution < 1.29 is 22.4 Å². The van der Waals surface area contributed by atoms with E-state index in [1.165, 1.54) is 22.9 Å². The third-order valence-corrected chi connectivity index (χ3v) is 4.14. The van der Waals surface area contributed by atoms with Crippen LogP contribution in [0.5, 0.6) is 0 Å². The molecule has 0 aliphatic carbocycles. The van der Waals surface area contributed by atoms with Crippen molar-refractivity contribution in [3.05, 3.63) is 83.8 Å². The van der Waals surface area contributed by atoms with Crippen LogP contribution in [0, 0.1) is 5.82 Å². The summed E-state index contributed by atoms with van der Waals surface area (Å²) in [7, 11) is 0. The molecular weight excluding hydrogens is 418 g/mol. The molecule has 3 heterocycles. The predicted molar refractivity (Wildman–Crippen MR) is 99.8 cm³/mol. The molecule has 31 heavy (non-hydrogen) atoms. The molecule has 0 unspecified atom stereocenters. The van der Waals surface area contributed by atoms with E-state index in [2.05, 4.69) is 25.7 Å². The maximum Gasteiger partial charge on any atom is 0.435 e. The molecule has 12 heteroatoms. The molecular formula is C19H13F4N7O. The molecule has 0 radical (unpaired) electrons. The Kier molecular flexibility index (Phi) is 5.19. The first-order chi connectivity index (χ1) is 14.8. The third-order valence-electron chi connectivity index (χ3n) is 4.14. The lowest BCUT2D eigenvalue weighted by Gasteiger charge is -2.11. The summed E-state index contributed by atoms with van der Waals surface area (Å²) < 4.78 is 56.3. The van der Waals surface area contributed by atoms with Crippen molar-refractivity contribution in [2.75, 3.05) is 5.32 Å². The van der Waals surface area contributed by atoms with Crippen LogP contribution < -0.4 is 5.32 Å². The molecule has 1 N–H and O–H groups in total. The van der Waals surface area contributed by atoms with Crippen LogP contribution >= 0.6 is 0 Å². The van der Waals surface area contributed by atoms with Crippen molar-refractivity contribution in [1.82, 2.24) is 29.8 Å². The number of halogens is 4. The number of hydrogen-bond donors (Lipinski definition) is 1. The topological polar surface area (TPSA) is 90.5 Å². The highest BCUT2D eigenvalue weighted by atomic mass is 19.4. The molecule has 1 amide bonds. The van der Waals surface area contributed by atoms with Crippen molar-refractivity contribution in [2.45, 2.75) is 12.7 Å². The van der Waals surface area contributed by atoms with E-state index in [0.717, 1.165) is 12.1 Å². The SMILES string of the molecule is O=C(Nc1ccn(Cc2ccccn2)n1)c1nnn(-c2cccc(F)c2)c1C(F)(F)F. The van der Waals surface area contributed by atoms with Crippen molar-refractivity contribution in [2.24, 2.45) is 0 Å². The van der Waals surface area contributed by atoms with E-state index >= 15 is 0 Å². The molecule has 158 valence electrons. The molecule has 0 aliphatic heterocycles. The van der Waals surface area contributed by atoms with Crippen molar-refractivity contribution in [3.8, 4) is 5.69 Å². The average molecular weight is 431 g/mol. The quantitative estimate of drug-likeness (QED) is 0.490. The van der Waals surface area contributed by atoms with Crippen molar-refractivity contribution in [1.29, 1.82) is 0 Å². The predicted octanol–water partition coefficient (Wildman–Crippen LogP) is 3.32. The first-order valence-corrected chi connectivity index (χ1v) is 8.85. The van der Waals surface area contributed by atoms with Gasteiger partial charge in [-0.15, -0.1) is 5.10 Å². The molecule has 0 fully saturated rings. The van der Waals surface area contributed by atoms with Crippen LogP contribution in [0.4, 0.5) is 23.4 Å². The number of nitrogens with zero attached hydrogens (tertiary/aromatic N) is 6. The summed E-state index contributed by atoms with van der Waals surface area (Å²) in [6, 6.07) is 11.1. The lowest BCUT2D eigenvalue weighted by Crippen LogP contribution is -2.21. The van der Waals surface area contributed by atoms with Crippen LogP contribution in [0.15, 0.2) is 60.9 Å². The summed E-state index contributed by atoms with van der Waals surface area (Å²) >= 11 is 0. The van der Waals surface area contributed by atoms with E-state index < -0.39 is 29.3 Å². The number of hydrogen-bond acceptors (Lipinski definition) is 5. The third kappa shape index (κ3) is 4.42. The minimum absolute atomic E-state index is 0.0226. The number of alkyl halides is 3. The molecule has 0 bridgehead atoms. The molecule has 8 nitrogen and oxygen atoms in total. The summed E-state index contributed by atoms with van der Waals surface area (Å²) in [6.45, 7) is 0.306. The Balaban J connectivity index is 1.59. The molecule has 0 spiro atoms. The van der Waals surface area contributed by atoms with Gasteiger partial charge in [-0.2, -0.15) is 18.3 Å². The largest absolute Gasteiger partial charge is 0.435 e. The van der Waals surface area contributed by atoms with Crippen LogP contribution in [0.25, 0.3) is 5.69 Å². The molecule has 4 aromatic rings. The molecule has 1 aromatic carbocycles. The summed E-state index contributed by atoms with van der Waals surface area (Å²) in [6.07, 6.45) is -1.82. The second-order valence-electron chi connectivity index (χ2n) is 6.35. The van der Waals surface area contributed by atoms with Crippen molar-refractivity contribution >= 4 is 11.7 Å². The second-order valence-corrected chi connectivity index (χ2v) is 6.35. The van der Waals surface area contributed by atoms with E-state index in [-0.39, 0.29) is 11.5 Å². The molecule has 0 saturated heterocycles. The zero-order chi connectivity index (χ0) is 22.0. The molecule has 0 aliphatic rings. The average Bonchev–Trinajstić information content (AvgIpc) is 3.36. The van der Waals surface area contributed by atoms with Crippen LogP contribution in [-0.2, 0) is 12.7 Å². The maximum atomic E-state index is 13.7. The van der Waals surface area contributed by atoms with Gasteiger partial charge in [0.15, 0.2) is 17.2 Å². The van der Waals surface area contributed by atoms with Gasteiger partial charge in [0, 0.05) is 18.5 Å². The maximum absolute atomic E-state index is 13.7. The van der Waals surface area contributed by atoms with Gasteiger partial charge in [-0.05, 0) is 30.3 Å². The minimum Gasteiger partial charge on any atom is -0.304 e. The lowest BCUT2D eigenvalue weighted by atomic mass is 10.2. The number of carbonyl (C=O) groups is 1. The Morgan fingerprint density at radius 3 is 2.65 bits per heavy atom. The number of amides is 1. The number of rotatable bonds is 5. The summed E-state index contributed by atoms with van der Waals surface area (Å²) in [4.78, 5) is 16.6. The Bertz CT molecular complexity index is 1220. The van der Waals surface area contributed by atoms with Crippen LogP contribution in [-0.4, -0.2) is 35.7 Å². The number of anilines is 1. The molecule has 0 atom stereocenters. The minimum atomic E-state index is -4.97. The van der Waals surface area contributed by atoms with Crippen LogP contribution in [0.1, 0.15) is 21.9 Å². The number of benzene rings is 1. The fraction of sp³-hybridized carbons (Fsp3) is 0.105. The normalized spacial score (nSPS) is 11.5. The van der Waals surface area contributed by atoms with E-state index in [1.54, 1.807) is 30.6 Å². The zero-order valence-corrected chi connectivity index (χ0v) is 15.6. The zero-order valence-electron chi connectivity index (χ0n) is 15.6. The van der Waals surface area contributed by atoms with E-state index in [9.17, 15) is 22.4 Å². The molecule has 4 rings (SSSR count). The fourth-order valence-corrected chi connectivity index (χ4v) is 2.83. The van der Waals surface area contributed by atoms with Gasteiger partial charge in [0.25, 0.3) is 5.91 Å². The summed E-state index contributed by atoms with van der Waals surface area (Å²) in [5.74, 6) is -1.89. The van der Waals surface area contributed by atoms with Crippen molar-refractivity contribution in [3.63, 3.8) is 0 Å². The summed E-state index contributed by atoms with van der Waals surface area (Å²) in [5.41, 5.74) is -1.90. The smallest absolute Gasteiger partial charge is 0.304 e. The van der Waals surface area contributed by atoms with Gasteiger partial charge >= 0.3 is 6.18 Å². The van der Waals surface area contributed by atoms with Gasteiger partial charge in [-0.3, -0.25) is 14.5 Å². The summed E-state index contributed by atoms with van der Waals surface area (Å²) in [5, 5.41) is 13.1. The fourth-order valence-electron chi connectivity index (χ4n) is 2.83. The Morgan fingerprint density at radius 2 is 1.94 bits per heavy atom. The number of carbonyl (C=O) groups excluding carboxylic acids is 1. The highest BCUT2D eigenvalue weighted by Crippen LogP contribution is 2.33. The van der Waals surface area contributed by atoms with Gasteiger partial charge in [0.05, 0.1) is 17.9 Å². The Morgan fingerprint density at radius 1 is 1.10 bits per heavy atom. The standard InChI is InChI=1S/C19H13F4N7O/c20-12-4-3-6-14(10-12)30-17(19(21,22)23)16(26-28-30)18(31)25-15-7-9-29(27-15)11-13-5-1-2-8-24-13/h1-10H,11H2,(H,25,27,31). The monoisotopic (exact) mass is 431 g/mol. The molecule has 0 saturated carbocycles. The first-order valence-electron chi connectivity index (χ1n) is 8.85. The first kappa shape index (κ1) is 20.2. The van der Waals surface area contributed by atoms with Gasteiger partial charge in [-0.25, -0.2) is 9.07 Å². The Hall–Kier alpha value is -4.09. The van der Waals surface area contributed by atoms with Gasteiger partial charge < -0.3 is 5.32 Å². The number of aromatic nitrogens is 6. The van der Waals surface area contributed by atoms with E-state index in [1.807, 2.05) is 0 Å². The van der Waals surface area contributed by atoms with Gasteiger partial charge in [-0.1, -0.05) is 17.3 Å². The van der Waals surface area contributed by atoms with E-state index in [4.69, 9.17) is 0 Å². The van der Waals surface area contributed by atoms with E-state index in [0.29, 0.717) is 16.9 Å². The highest BCUT2D eigenvalue weighted by Gasteiger charge is 2.42. The lowest BCUT2D eigenvalue weighted by molar-refractivity contribution is -0.143. The van der Waals surface area contributed by atoms with Gasteiger partial charge in [0.2, 0.25) is 0 Å². The second kappa shape index (κ2) is 7.97. The van der Waals surface area contributed by atoms with Gasteiger partial charge in [0.1, 0.15) is 5.82 Å². The highest BCUT2D eigenvalue weighted by molar-refractivity contribution is 6.03.